The van der Waals surface area contributed by atoms with Gasteiger partial charge >= 0.3 is 11.9 Å². The van der Waals surface area contributed by atoms with E-state index in [4.69, 9.17) is 21.6 Å². The average Bonchev–Trinajstić information content (AvgIpc) is 2.82. The molecule has 2 amide bonds. The van der Waals surface area contributed by atoms with Crippen LogP contribution in [0.3, 0.4) is 0 Å². The standard InChI is InChI=1S/C27H24ClN3O5/c1-4-35-27(34)26(33)30-21-7-8-23(17(3)9-21)31-25(32)13-18-6-5-16(2)24(12-18)36-22-11-19(15-29)10-20(28)14-22/h5-12,14H,4,13H2,1-3H3,(H,30,33)(H,31,32). The first kappa shape index (κ1) is 26.3. The molecule has 0 atom stereocenters. The van der Waals surface area contributed by atoms with Crippen LogP contribution in [-0.4, -0.2) is 24.4 Å². The molecule has 0 saturated heterocycles. The predicted molar refractivity (Wildman–Crippen MR) is 136 cm³/mol. The molecule has 0 aromatic heterocycles. The highest BCUT2D eigenvalue weighted by atomic mass is 35.5. The minimum Gasteiger partial charge on any atom is -0.459 e. The molecule has 3 aromatic carbocycles. The largest absolute Gasteiger partial charge is 0.459 e. The van der Waals surface area contributed by atoms with Gasteiger partial charge in [0.05, 0.1) is 24.7 Å². The Labute approximate surface area is 213 Å². The molecule has 36 heavy (non-hydrogen) atoms. The lowest BCUT2D eigenvalue weighted by molar-refractivity contribution is -0.152. The molecule has 0 spiro atoms. The van der Waals surface area contributed by atoms with Crippen LogP contribution in [0.5, 0.6) is 11.5 Å². The van der Waals surface area contributed by atoms with E-state index < -0.39 is 11.9 Å². The molecule has 0 bridgehead atoms. The van der Waals surface area contributed by atoms with Gasteiger partial charge in [0.2, 0.25) is 5.91 Å². The van der Waals surface area contributed by atoms with Gasteiger partial charge in [0.15, 0.2) is 0 Å². The van der Waals surface area contributed by atoms with Crippen LogP contribution in [0.4, 0.5) is 11.4 Å². The summed E-state index contributed by atoms with van der Waals surface area (Å²) < 4.78 is 10.6. The lowest BCUT2D eigenvalue weighted by atomic mass is 10.1. The Kier molecular flexibility index (Phi) is 8.66. The molecule has 0 saturated carbocycles. The molecule has 0 heterocycles. The first-order chi connectivity index (χ1) is 17.2. The third-order valence-corrected chi connectivity index (χ3v) is 5.28. The summed E-state index contributed by atoms with van der Waals surface area (Å²) in [5.41, 5.74) is 3.64. The van der Waals surface area contributed by atoms with Crippen molar-refractivity contribution in [1.29, 1.82) is 5.26 Å². The molecule has 0 unspecified atom stereocenters. The van der Waals surface area contributed by atoms with Crippen molar-refractivity contribution in [2.45, 2.75) is 27.2 Å². The van der Waals surface area contributed by atoms with Crippen molar-refractivity contribution in [2.24, 2.45) is 0 Å². The molecule has 0 aliphatic carbocycles. The van der Waals surface area contributed by atoms with Crippen LogP contribution in [0, 0.1) is 25.2 Å². The number of carbonyl (C=O) groups is 3. The van der Waals surface area contributed by atoms with E-state index >= 15 is 0 Å². The summed E-state index contributed by atoms with van der Waals surface area (Å²) in [5.74, 6) is -1.11. The fraction of sp³-hybridized carbons (Fsp3) is 0.185. The number of aryl methyl sites for hydroxylation is 2. The van der Waals surface area contributed by atoms with E-state index in [9.17, 15) is 14.4 Å². The molecule has 0 aliphatic heterocycles. The molecular weight excluding hydrogens is 482 g/mol. The van der Waals surface area contributed by atoms with Crippen molar-refractivity contribution in [1.82, 2.24) is 0 Å². The van der Waals surface area contributed by atoms with Crippen molar-refractivity contribution in [2.75, 3.05) is 17.2 Å². The predicted octanol–water partition coefficient (Wildman–Crippen LogP) is 5.30. The van der Waals surface area contributed by atoms with E-state index in [1.54, 1.807) is 56.3 Å². The summed E-state index contributed by atoms with van der Waals surface area (Å²) in [7, 11) is 0. The second kappa shape index (κ2) is 11.9. The topological polar surface area (TPSA) is 118 Å². The van der Waals surface area contributed by atoms with Crippen LogP contribution < -0.4 is 15.4 Å². The Morgan fingerprint density at radius 2 is 1.75 bits per heavy atom. The third kappa shape index (κ3) is 7.08. The number of hydrogen-bond donors (Lipinski definition) is 2. The van der Waals surface area contributed by atoms with Crippen LogP contribution in [0.15, 0.2) is 54.6 Å². The van der Waals surface area contributed by atoms with E-state index in [0.29, 0.717) is 39.0 Å². The normalized spacial score (nSPS) is 10.2. The van der Waals surface area contributed by atoms with Crippen LogP contribution in [0.2, 0.25) is 5.02 Å². The van der Waals surface area contributed by atoms with Crippen molar-refractivity contribution < 1.29 is 23.9 Å². The van der Waals surface area contributed by atoms with Gasteiger partial charge in [-0.05, 0) is 79.9 Å². The Morgan fingerprint density at radius 1 is 0.972 bits per heavy atom. The molecule has 184 valence electrons. The van der Waals surface area contributed by atoms with Gasteiger partial charge in [-0.3, -0.25) is 9.59 Å². The molecule has 3 aromatic rings. The second-order valence-electron chi connectivity index (χ2n) is 7.92. The summed E-state index contributed by atoms with van der Waals surface area (Å²) in [4.78, 5) is 36.0. The van der Waals surface area contributed by atoms with Gasteiger partial charge < -0.3 is 20.1 Å². The van der Waals surface area contributed by atoms with E-state index in [1.807, 2.05) is 25.1 Å². The van der Waals surface area contributed by atoms with E-state index in [-0.39, 0.29) is 18.9 Å². The first-order valence-electron chi connectivity index (χ1n) is 11.0. The fourth-order valence-electron chi connectivity index (χ4n) is 3.32. The number of esters is 1. The number of amides is 2. The zero-order valence-electron chi connectivity index (χ0n) is 20.0. The monoisotopic (exact) mass is 505 g/mol. The Balaban J connectivity index is 1.67. The third-order valence-electron chi connectivity index (χ3n) is 5.06. The fourth-order valence-corrected chi connectivity index (χ4v) is 3.54. The number of nitrogens with one attached hydrogen (secondary N) is 2. The Hall–Kier alpha value is -4.35. The number of benzene rings is 3. The van der Waals surface area contributed by atoms with Crippen molar-refractivity contribution >= 4 is 40.8 Å². The van der Waals surface area contributed by atoms with Crippen LogP contribution >= 0.6 is 11.6 Å². The van der Waals surface area contributed by atoms with Gasteiger partial charge in [-0.1, -0.05) is 23.7 Å². The summed E-state index contributed by atoms with van der Waals surface area (Å²) in [6.45, 7) is 5.37. The lowest BCUT2D eigenvalue weighted by Gasteiger charge is -2.13. The summed E-state index contributed by atoms with van der Waals surface area (Å²) >= 11 is 6.06. The highest BCUT2D eigenvalue weighted by Gasteiger charge is 2.15. The molecular formula is C27H24ClN3O5. The quantitative estimate of drug-likeness (QED) is 0.332. The SMILES string of the molecule is CCOC(=O)C(=O)Nc1ccc(NC(=O)Cc2ccc(C)c(Oc3cc(Cl)cc(C#N)c3)c2)c(C)c1. The second-order valence-corrected chi connectivity index (χ2v) is 8.36. The summed E-state index contributed by atoms with van der Waals surface area (Å²) in [6, 6.07) is 17.1. The van der Waals surface area contributed by atoms with Gasteiger partial charge in [0, 0.05) is 16.4 Å². The van der Waals surface area contributed by atoms with Crippen molar-refractivity contribution in [3.05, 3.63) is 81.9 Å². The smallest absolute Gasteiger partial charge is 0.397 e. The molecule has 0 aliphatic rings. The number of anilines is 2. The van der Waals surface area contributed by atoms with Crippen molar-refractivity contribution in [3.8, 4) is 17.6 Å². The maximum Gasteiger partial charge on any atom is 0.397 e. The van der Waals surface area contributed by atoms with Gasteiger partial charge in [-0.15, -0.1) is 0 Å². The highest BCUT2D eigenvalue weighted by molar-refractivity contribution is 6.37. The van der Waals surface area contributed by atoms with E-state index in [2.05, 4.69) is 15.4 Å². The maximum absolute atomic E-state index is 12.7. The number of ether oxygens (including phenoxy) is 2. The number of nitrogens with zero attached hydrogens (tertiary/aromatic N) is 1. The highest BCUT2D eigenvalue weighted by Crippen LogP contribution is 2.29. The zero-order chi connectivity index (χ0) is 26.2. The number of hydrogen-bond acceptors (Lipinski definition) is 6. The Bertz CT molecular complexity index is 1360. The number of halogens is 1. The maximum atomic E-state index is 12.7. The molecule has 0 radical (unpaired) electrons. The molecule has 3 rings (SSSR count). The van der Waals surface area contributed by atoms with Gasteiger partial charge in [0.25, 0.3) is 0 Å². The average molecular weight is 506 g/mol. The van der Waals surface area contributed by atoms with Gasteiger partial charge in [0.1, 0.15) is 11.5 Å². The molecule has 0 fully saturated rings. The Morgan fingerprint density at radius 3 is 2.44 bits per heavy atom. The van der Waals surface area contributed by atoms with Gasteiger partial charge in [-0.25, -0.2) is 4.79 Å². The molecule has 8 nitrogen and oxygen atoms in total. The van der Waals surface area contributed by atoms with Crippen LogP contribution in [0.1, 0.15) is 29.2 Å². The van der Waals surface area contributed by atoms with Crippen LogP contribution in [-0.2, 0) is 25.5 Å². The first-order valence-corrected chi connectivity index (χ1v) is 11.4. The van der Waals surface area contributed by atoms with Crippen LogP contribution in [0.25, 0.3) is 0 Å². The van der Waals surface area contributed by atoms with Gasteiger partial charge in [-0.2, -0.15) is 5.26 Å². The number of nitriles is 1. The molecule has 2 N–H and O–H groups in total. The number of carbonyl (C=O) groups excluding carboxylic acids is 3. The van der Waals surface area contributed by atoms with E-state index in [1.165, 1.54) is 0 Å². The lowest BCUT2D eigenvalue weighted by Crippen LogP contribution is -2.25. The minimum absolute atomic E-state index is 0.0937. The van der Waals surface area contributed by atoms with Crippen molar-refractivity contribution in [3.63, 3.8) is 0 Å². The number of rotatable bonds is 7. The van der Waals surface area contributed by atoms with E-state index in [0.717, 1.165) is 11.1 Å². The zero-order valence-corrected chi connectivity index (χ0v) is 20.7. The summed E-state index contributed by atoms with van der Waals surface area (Å²) in [5, 5.41) is 14.8. The summed E-state index contributed by atoms with van der Waals surface area (Å²) in [6.07, 6.45) is 0.0937. The minimum atomic E-state index is -0.963. The molecule has 9 heteroatoms.